The maximum absolute atomic E-state index is 3.67. The fraction of sp³-hybridized carbons (Fsp3) is 0.667. The molecule has 3 atom stereocenters. The van der Waals surface area contributed by atoms with E-state index in [0.29, 0.717) is 12.0 Å². The molecule has 0 aromatic rings. The quantitative estimate of drug-likeness (QED) is 0.621. The van der Waals surface area contributed by atoms with E-state index in [2.05, 4.69) is 38.7 Å². The van der Waals surface area contributed by atoms with Crippen LogP contribution in [0.5, 0.6) is 0 Å². The second kappa shape index (κ2) is 6.90. The first-order valence-corrected chi connectivity index (χ1v) is 5.08. The van der Waals surface area contributed by atoms with Gasteiger partial charge in [0.15, 0.2) is 0 Å². The Morgan fingerprint density at radius 1 is 1.31 bits per heavy atom. The van der Waals surface area contributed by atoms with Crippen LogP contribution in [-0.4, -0.2) is 13.1 Å². The topological polar surface area (TPSA) is 12.0 Å². The molecule has 0 aliphatic carbocycles. The van der Waals surface area contributed by atoms with Crippen LogP contribution in [-0.2, 0) is 0 Å². The van der Waals surface area contributed by atoms with E-state index in [-0.39, 0.29) is 0 Å². The third-order valence-electron chi connectivity index (χ3n) is 2.67. The summed E-state index contributed by atoms with van der Waals surface area (Å²) in [4.78, 5) is 0. The van der Waals surface area contributed by atoms with E-state index in [9.17, 15) is 0 Å². The van der Waals surface area contributed by atoms with Crippen molar-refractivity contribution in [3.63, 3.8) is 0 Å². The van der Waals surface area contributed by atoms with Gasteiger partial charge in [-0.3, -0.25) is 0 Å². The van der Waals surface area contributed by atoms with Crippen LogP contribution in [0.4, 0.5) is 0 Å². The minimum atomic E-state index is 0.606. The van der Waals surface area contributed by atoms with E-state index in [1.54, 1.807) is 0 Å². The molecule has 1 N–H and O–H groups in total. The van der Waals surface area contributed by atoms with Gasteiger partial charge in [0.25, 0.3) is 0 Å². The number of hydrogen-bond acceptors (Lipinski definition) is 1. The van der Waals surface area contributed by atoms with Crippen LogP contribution in [0.25, 0.3) is 0 Å². The Balaban J connectivity index is 3.87. The zero-order valence-electron chi connectivity index (χ0n) is 9.38. The van der Waals surface area contributed by atoms with Gasteiger partial charge in [-0.2, -0.15) is 0 Å². The van der Waals surface area contributed by atoms with Crippen molar-refractivity contribution in [3.8, 4) is 0 Å². The van der Waals surface area contributed by atoms with Gasteiger partial charge in [0.05, 0.1) is 0 Å². The summed E-state index contributed by atoms with van der Waals surface area (Å²) < 4.78 is 0. The predicted octanol–water partition coefficient (Wildman–Crippen LogP) is 3.00. The van der Waals surface area contributed by atoms with E-state index >= 15 is 0 Å². The third-order valence-corrected chi connectivity index (χ3v) is 2.67. The molecule has 0 aromatic heterocycles. The molecule has 0 saturated carbocycles. The maximum Gasteiger partial charge on any atom is 0.00384 e. The van der Waals surface area contributed by atoms with E-state index in [4.69, 9.17) is 0 Å². The highest BCUT2D eigenvalue weighted by atomic mass is 14.8. The predicted molar refractivity (Wildman–Crippen MR) is 60.8 cm³/mol. The lowest BCUT2D eigenvalue weighted by atomic mass is 9.90. The Morgan fingerprint density at radius 3 is 2.38 bits per heavy atom. The SMILES string of the molecule is C=C/C=C\C(C)C(C)CC(C)NC. The van der Waals surface area contributed by atoms with Gasteiger partial charge in [-0.15, -0.1) is 0 Å². The summed E-state index contributed by atoms with van der Waals surface area (Å²) in [5, 5.41) is 3.26. The minimum Gasteiger partial charge on any atom is -0.317 e. The summed E-state index contributed by atoms with van der Waals surface area (Å²) >= 11 is 0. The lowest BCUT2D eigenvalue weighted by molar-refractivity contribution is 0.376. The number of rotatable bonds is 6. The van der Waals surface area contributed by atoms with Gasteiger partial charge < -0.3 is 5.32 Å². The van der Waals surface area contributed by atoms with Crippen molar-refractivity contribution in [2.75, 3.05) is 7.05 Å². The molecule has 0 rings (SSSR count). The fourth-order valence-corrected chi connectivity index (χ4v) is 1.33. The lowest BCUT2D eigenvalue weighted by Crippen LogP contribution is -2.25. The van der Waals surface area contributed by atoms with Crippen LogP contribution >= 0.6 is 0 Å². The highest BCUT2D eigenvalue weighted by molar-refractivity contribution is 5.00. The molecule has 0 heterocycles. The first kappa shape index (κ1) is 12.4. The molecule has 76 valence electrons. The Morgan fingerprint density at radius 2 is 1.92 bits per heavy atom. The molecule has 1 nitrogen and oxygen atoms in total. The van der Waals surface area contributed by atoms with Gasteiger partial charge in [-0.05, 0) is 32.2 Å². The van der Waals surface area contributed by atoms with Crippen LogP contribution in [0.1, 0.15) is 27.2 Å². The summed E-state index contributed by atoms with van der Waals surface area (Å²) in [6, 6.07) is 0.606. The zero-order chi connectivity index (χ0) is 10.3. The van der Waals surface area contributed by atoms with Gasteiger partial charge in [-0.1, -0.05) is 38.7 Å². The van der Waals surface area contributed by atoms with Gasteiger partial charge in [0.1, 0.15) is 0 Å². The van der Waals surface area contributed by atoms with E-state index in [1.165, 1.54) is 6.42 Å². The van der Waals surface area contributed by atoms with Crippen molar-refractivity contribution in [1.29, 1.82) is 0 Å². The van der Waals surface area contributed by atoms with E-state index in [1.807, 2.05) is 19.2 Å². The largest absolute Gasteiger partial charge is 0.317 e. The smallest absolute Gasteiger partial charge is 0.00384 e. The highest BCUT2D eigenvalue weighted by Gasteiger charge is 2.11. The summed E-state index contributed by atoms with van der Waals surface area (Å²) in [6.45, 7) is 10.4. The van der Waals surface area contributed by atoms with E-state index in [0.717, 1.165) is 5.92 Å². The van der Waals surface area contributed by atoms with Crippen molar-refractivity contribution in [2.45, 2.75) is 33.2 Å². The molecule has 13 heavy (non-hydrogen) atoms. The first-order chi connectivity index (χ1) is 6.11. The van der Waals surface area contributed by atoms with Crippen molar-refractivity contribution in [1.82, 2.24) is 5.32 Å². The molecule has 0 saturated heterocycles. The van der Waals surface area contributed by atoms with Crippen molar-refractivity contribution >= 4 is 0 Å². The van der Waals surface area contributed by atoms with Gasteiger partial charge in [-0.25, -0.2) is 0 Å². The Hall–Kier alpha value is -0.560. The molecular weight excluding hydrogens is 158 g/mol. The van der Waals surface area contributed by atoms with Gasteiger partial charge in [0.2, 0.25) is 0 Å². The maximum atomic E-state index is 3.67. The molecule has 0 aliphatic heterocycles. The summed E-state index contributed by atoms with van der Waals surface area (Å²) in [5.74, 6) is 1.35. The average Bonchev–Trinajstić information content (AvgIpc) is 2.13. The Labute approximate surface area is 82.9 Å². The Kier molecular flexibility index (Phi) is 6.61. The molecule has 0 radical (unpaired) electrons. The van der Waals surface area contributed by atoms with Crippen molar-refractivity contribution < 1.29 is 0 Å². The van der Waals surface area contributed by atoms with E-state index < -0.39 is 0 Å². The van der Waals surface area contributed by atoms with Crippen LogP contribution in [0, 0.1) is 11.8 Å². The number of nitrogens with one attached hydrogen (secondary N) is 1. The third kappa shape index (κ3) is 5.64. The molecule has 0 amide bonds. The van der Waals surface area contributed by atoms with Gasteiger partial charge in [0, 0.05) is 6.04 Å². The monoisotopic (exact) mass is 181 g/mol. The summed E-state index contributed by atoms with van der Waals surface area (Å²) in [7, 11) is 2.02. The van der Waals surface area contributed by atoms with Gasteiger partial charge >= 0.3 is 0 Å². The van der Waals surface area contributed by atoms with Crippen LogP contribution in [0.2, 0.25) is 0 Å². The molecule has 0 aliphatic rings. The van der Waals surface area contributed by atoms with Crippen LogP contribution < -0.4 is 5.32 Å². The minimum absolute atomic E-state index is 0.606. The standard InChI is InChI=1S/C12H23N/c1-6-7-8-10(2)11(3)9-12(4)13-5/h6-8,10-13H,1,9H2,2-5H3/b8-7-. The first-order valence-electron chi connectivity index (χ1n) is 5.08. The second-order valence-corrected chi connectivity index (χ2v) is 3.88. The lowest BCUT2D eigenvalue weighted by Gasteiger charge is -2.20. The molecule has 1 heteroatoms. The zero-order valence-corrected chi connectivity index (χ0v) is 9.38. The normalized spacial score (nSPS) is 18.5. The van der Waals surface area contributed by atoms with Crippen LogP contribution in [0.3, 0.4) is 0 Å². The average molecular weight is 181 g/mol. The molecule has 3 unspecified atom stereocenters. The highest BCUT2D eigenvalue weighted by Crippen LogP contribution is 2.17. The molecule has 0 spiro atoms. The molecular formula is C12H23N. The molecule has 0 fully saturated rings. The number of allylic oxidation sites excluding steroid dienone is 3. The molecule has 0 aromatic carbocycles. The fourth-order valence-electron chi connectivity index (χ4n) is 1.33. The van der Waals surface area contributed by atoms with Crippen molar-refractivity contribution in [3.05, 3.63) is 24.8 Å². The summed E-state index contributed by atoms with van der Waals surface area (Å²) in [5.41, 5.74) is 0. The summed E-state index contributed by atoms with van der Waals surface area (Å²) in [6.07, 6.45) is 7.31. The Bertz CT molecular complexity index is 161. The second-order valence-electron chi connectivity index (χ2n) is 3.88. The van der Waals surface area contributed by atoms with Crippen molar-refractivity contribution in [2.24, 2.45) is 11.8 Å². The number of hydrogen-bond donors (Lipinski definition) is 1. The molecule has 0 bridgehead atoms. The van der Waals surface area contributed by atoms with Crippen LogP contribution in [0.15, 0.2) is 24.8 Å².